The van der Waals surface area contributed by atoms with Crippen LogP contribution < -0.4 is 10.6 Å². The summed E-state index contributed by atoms with van der Waals surface area (Å²) < 4.78 is 5.65. The van der Waals surface area contributed by atoms with Gasteiger partial charge in [-0.3, -0.25) is 9.59 Å². The van der Waals surface area contributed by atoms with E-state index in [0.29, 0.717) is 11.3 Å². The number of carbonyl (C=O) groups is 2. The van der Waals surface area contributed by atoms with Crippen LogP contribution in [0.4, 0.5) is 0 Å². The maximum absolute atomic E-state index is 12.1. The van der Waals surface area contributed by atoms with Gasteiger partial charge >= 0.3 is 11.8 Å². The highest BCUT2D eigenvalue weighted by molar-refractivity contribution is 6.35. The lowest BCUT2D eigenvalue weighted by molar-refractivity contribution is -0.140. The molecule has 0 bridgehead atoms. The second kappa shape index (κ2) is 7.63. The van der Waals surface area contributed by atoms with Crippen molar-refractivity contribution in [1.82, 2.24) is 10.6 Å². The van der Waals surface area contributed by atoms with E-state index >= 15 is 0 Å². The Bertz CT molecular complexity index is 914. The number of aliphatic hydroxyl groups is 1. The highest BCUT2D eigenvalue weighted by Gasteiger charge is 2.29. The number of furan rings is 1. The Labute approximate surface area is 157 Å². The van der Waals surface area contributed by atoms with E-state index in [4.69, 9.17) is 4.42 Å². The van der Waals surface area contributed by atoms with Gasteiger partial charge in [0.1, 0.15) is 16.9 Å². The minimum atomic E-state index is -1.44. The molecule has 1 aromatic heterocycles. The van der Waals surface area contributed by atoms with Crippen LogP contribution in [0.2, 0.25) is 0 Å². The summed E-state index contributed by atoms with van der Waals surface area (Å²) in [5.41, 5.74) is 0.0986. The molecule has 1 heterocycles. The monoisotopic (exact) mass is 366 g/mol. The molecular weight excluding hydrogens is 344 g/mol. The predicted octanol–water partition coefficient (Wildman–Crippen LogP) is 2.63. The van der Waals surface area contributed by atoms with Crippen molar-refractivity contribution < 1.29 is 19.1 Å². The van der Waals surface area contributed by atoms with E-state index in [1.54, 1.807) is 19.1 Å². The molecule has 0 saturated heterocycles. The van der Waals surface area contributed by atoms with E-state index in [0.717, 1.165) is 10.9 Å². The Balaban J connectivity index is 1.59. The molecule has 0 aliphatic rings. The molecule has 2 unspecified atom stereocenters. The molecule has 3 aromatic rings. The van der Waals surface area contributed by atoms with Crippen LogP contribution in [-0.4, -0.2) is 23.5 Å². The van der Waals surface area contributed by atoms with Crippen LogP contribution in [0.25, 0.3) is 11.0 Å². The molecule has 0 aliphatic carbocycles. The van der Waals surface area contributed by atoms with Gasteiger partial charge < -0.3 is 20.2 Å². The van der Waals surface area contributed by atoms with Crippen LogP contribution in [0.3, 0.4) is 0 Å². The Morgan fingerprint density at radius 2 is 1.74 bits per heavy atom. The molecule has 27 heavy (non-hydrogen) atoms. The second-order valence-electron chi connectivity index (χ2n) is 6.71. The number of carbonyl (C=O) groups excluding carboxylic acids is 2. The van der Waals surface area contributed by atoms with Crippen LogP contribution in [0, 0.1) is 0 Å². The highest BCUT2D eigenvalue weighted by Crippen LogP contribution is 2.27. The van der Waals surface area contributed by atoms with Crippen molar-refractivity contribution in [1.29, 1.82) is 0 Å². The molecule has 3 rings (SSSR count). The molecular formula is C21H22N2O4. The first-order valence-corrected chi connectivity index (χ1v) is 8.72. The zero-order valence-corrected chi connectivity index (χ0v) is 15.2. The lowest BCUT2D eigenvalue weighted by Crippen LogP contribution is -2.45. The third-order valence-corrected chi connectivity index (χ3v) is 4.40. The summed E-state index contributed by atoms with van der Waals surface area (Å²) in [6, 6.07) is 18.1. The molecule has 6 heteroatoms. The van der Waals surface area contributed by atoms with Gasteiger partial charge in [0, 0.05) is 5.39 Å². The lowest BCUT2D eigenvalue weighted by atomic mass is 10.0. The van der Waals surface area contributed by atoms with Crippen molar-refractivity contribution >= 4 is 22.8 Å². The van der Waals surface area contributed by atoms with Crippen LogP contribution in [-0.2, 0) is 15.2 Å². The van der Waals surface area contributed by atoms with E-state index in [1.165, 1.54) is 6.92 Å². The van der Waals surface area contributed by atoms with Crippen molar-refractivity contribution in [3.05, 3.63) is 72.0 Å². The molecule has 6 nitrogen and oxygen atoms in total. The fraction of sp³-hybridized carbons (Fsp3) is 0.238. The molecule has 0 spiro atoms. The Hall–Kier alpha value is -3.12. The van der Waals surface area contributed by atoms with Gasteiger partial charge in [-0.05, 0) is 31.5 Å². The van der Waals surface area contributed by atoms with E-state index in [1.807, 2.05) is 48.5 Å². The van der Waals surface area contributed by atoms with E-state index in [2.05, 4.69) is 10.6 Å². The number of fused-ring (bicyclic) bond motifs is 1. The third-order valence-electron chi connectivity index (χ3n) is 4.40. The summed E-state index contributed by atoms with van der Waals surface area (Å²) in [5, 5.41) is 16.6. The third kappa shape index (κ3) is 4.35. The van der Waals surface area contributed by atoms with Crippen LogP contribution in [0.15, 0.2) is 65.1 Å². The molecule has 0 fully saturated rings. The zero-order chi connectivity index (χ0) is 19.4. The van der Waals surface area contributed by atoms with Gasteiger partial charge in [0.05, 0.1) is 12.6 Å². The van der Waals surface area contributed by atoms with Crippen molar-refractivity contribution in [3.8, 4) is 0 Å². The second-order valence-corrected chi connectivity index (χ2v) is 6.71. The molecule has 0 radical (unpaired) electrons. The molecule has 0 aliphatic heterocycles. The first-order chi connectivity index (χ1) is 12.9. The summed E-state index contributed by atoms with van der Waals surface area (Å²) in [4.78, 5) is 24.2. The number of rotatable bonds is 5. The molecule has 3 N–H and O–H groups in total. The minimum absolute atomic E-state index is 0.154. The van der Waals surface area contributed by atoms with Crippen molar-refractivity contribution in [2.24, 2.45) is 0 Å². The van der Waals surface area contributed by atoms with Crippen LogP contribution in [0.1, 0.15) is 31.2 Å². The quantitative estimate of drug-likeness (QED) is 0.606. The average molecular weight is 366 g/mol. The zero-order valence-electron chi connectivity index (χ0n) is 15.2. The number of benzene rings is 2. The van der Waals surface area contributed by atoms with Gasteiger partial charge in [-0.15, -0.1) is 0 Å². The number of amides is 2. The van der Waals surface area contributed by atoms with E-state index in [9.17, 15) is 14.7 Å². The predicted molar refractivity (Wildman–Crippen MR) is 102 cm³/mol. The summed E-state index contributed by atoms with van der Waals surface area (Å²) >= 11 is 0. The first-order valence-electron chi connectivity index (χ1n) is 8.72. The summed E-state index contributed by atoms with van der Waals surface area (Å²) in [7, 11) is 0. The van der Waals surface area contributed by atoms with Gasteiger partial charge in [-0.25, -0.2) is 0 Å². The van der Waals surface area contributed by atoms with Crippen molar-refractivity contribution in [3.63, 3.8) is 0 Å². The molecule has 2 amide bonds. The van der Waals surface area contributed by atoms with Crippen LogP contribution >= 0.6 is 0 Å². The van der Waals surface area contributed by atoms with Gasteiger partial charge in [-0.1, -0.05) is 48.5 Å². The minimum Gasteiger partial charge on any atom is -0.458 e. The van der Waals surface area contributed by atoms with Crippen molar-refractivity contribution in [2.75, 3.05) is 6.54 Å². The fourth-order valence-corrected chi connectivity index (χ4v) is 2.75. The Kier molecular flexibility index (Phi) is 5.28. The highest BCUT2D eigenvalue weighted by atomic mass is 16.4. The van der Waals surface area contributed by atoms with E-state index < -0.39 is 17.4 Å². The molecule has 140 valence electrons. The normalized spacial score (nSPS) is 14.3. The van der Waals surface area contributed by atoms with E-state index in [-0.39, 0.29) is 12.6 Å². The number of nitrogens with one attached hydrogen (secondary N) is 2. The van der Waals surface area contributed by atoms with Crippen LogP contribution in [0.5, 0.6) is 0 Å². The SMILES string of the molecule is CC(NC(=O)C(=O)NCC(C)(O)c1cc2ccccc2o1)c1ccccc1. The van der Waals surface area contributed by atoms with Gasteiger partial charge in [0.2, 0.25) is 0 Å². The maximum Gasteiger partial charge on any atom is 0.309 e. The van der Waals surface area contributed by atoms with Gasteiger partial charge in [0.25, 0.3) is 0 Å². The standard InChI is InChI=1S/C21H22N2O4/c1-14(15-8-4-3-5-9-15)23-20(25)19(24)22-13-21(2,26)18-12-16-10-6-7-11-17(16)27-18/h3-12,14,26H,13H2,1-2H3,(H,22,24)(H,23,25). The number of para-hydroxylation sites is 1. The van der Waals surface area contributed by atoms with Gasteiger partial charge in [0.15, 0.2) is 0 Å². The number of hydrogen-bond acceptors (Lipinski definition) is 4. The molecule has 2 atom stereocenters. The molecule has 2 aromatic carbocycles. The first kappa shape index (κ1) is 18.7. The van der Waals surface area contributed by atoms with Gasteiger partial charge in [-0.2, -0.15) is 0 Å². The average Bonchev–Trinajstić information content (AvgIpc) is 3.12. The summed E-state index contributed by atoms with van der Waals surface area (Å²) in [6.07, 6.45) is 0. The Morgan fingerprint density at radius 3 is 2.44 bits per heavy atom. The maximum atomic E-state index is 12.1. The summed E-state index contributed by atoms with van der Waals surface area (Å²) in [6.45, 7) is 3.17. The Morgan fingerprint density at radius 1 is 1.07 bits per heavy atom. The largest absolute Gasteiger partial charge is 0.458 e. The smallest absolute Gasteiger partial charge is 0.309 e. The lowest BCUT2D eigenvalue weighted by Gasteiger charge is -2.21. The molecule has 0 saturated carbocycles. The van der Waals surface area contributed by atoms with Crippen molar-refractivity contribution in [2.45, 2.75) is 25.5 Å². The summed E-state index contributed by atoms with van der Waals surface area (Å²) in [5.74, 6) is -1.25. The fourth-order valence-electron chi connectivity index (χ4n) is 2.75. The number of hydrogen-bond donors (Lipinski definition) is 3. The topological polar surface area (TPSA) is 91.6 Å².